The molecule has 112 valence electrons. The average molecular weight is 333 g/mol. The molecule has 0 radical (unpaired) electrons. The predicted molar refractivity (Wildman–Crippen MR) is 89.4 cm³/mol. The Morgan fingerprint density at radius 1 is 1.23 bits per heavy atom. The number of nitrogens with one attached hydrogen (secondary N) is 1. The summed E-state index contributed by atoms with van der Waals surface area (Å²) in [5, 5.41) is 13.3. The number of rotatable bonds is 3. The second-order valence-corrected chi connectivity index (χ2v) is 5.83. The second kappa shape index (κ2) is 6.83. The molecule has 0 saturated carbocycles. The first-order valence-corrected chi connectivity index (χ1v) is 7.40. The van der Waals surface area contributed by atoms with Gasteiger partial charge < -0.3 is 5.32 Å². The zero-order chi connectivity index (χ0) is 16.3. The summed E-state index contributed by atoms with van der Waals surface area (Å²) < 4.78 is 0. The Hall–Kier alpha value is -2.02. The molecule has 0 spiro atoms. The fraction of sp³-hybridized carbons (Fsp3) is 0.176. The van der Waals surface area contributed by atoms with Gasteiger partial charge in [0.1, 0.15) is 0 Å². The van der Waals surface area contributed by atoms with Crippen molar-refractivity contribution in [1.82, 2.24) is 0 Å². The quantitative estimate of drug-likeness (QED) is 0.867. The number of nitriles is 1. The van der Waals surface area contributed by atoms with Crippen molar-refractivity contribution in [2.45, 2.75) is 19.8 Å². The van der Waals surface area contributed by atoms with Crippen LogP contribution in [0, 0.1) is 18.3 Å². The van der Waals surface area contributed by atoms with Crippen LogP contribution in [0.25, 0.3) is 0 Å². The second-order valence-electron chi connectivity index (χ2n) is 4.98. The lowest BCUT2D eigenvalue weighted by Gasteiger charge is -2.15. The van der Waals surface area contributed by atoms with Crippen molar-refractivity contribution >= 4 is 34.8 Å². The minimum atomic E-state index is -0.491. The number of hydrogen-bond acceptors (Lipinski definition) is 2. The highest BCUT2D eigenvalue weighted by Crippen LogP contribution is 2.34. The lowest BCUT2D eigenvalue weighted by molar-refractivity contribution is -0.114. The molecular formula is C17H14Cl2N2O. The molecule has 0 aliphatic rings. The van der Waals surface area contributed by atoms with Gasteiger partial charge in [-0.1, -0.05) is 41.4 Å². The summed E-state index contributed by atoms with van der Waals surface area (Å²) in [4.78, 5) is 11.2. The normalized spacial score (nSPS) is 11.6. The first-order valence-electron chi connectivity index (χ1n) is 6.65. The van der Waals surface area contributed by atoms with E-state index in [0.29, 0.717) is 21.3 Å². The Morgan fingerprint density at radius 2 is 1.86 bits per heavy atom. The van der Waals surface area contributed by atoms with Crippen LogP contribution >= 0.6 is 23.2 Å². The van der Waals surface area contributed by atoms with Gasteiger partial charge in [0.15, 0.2) is 0 Å². The monoisotopic (exact) mass is 332 g/mol. The first kappa shape index (κ1) is 16.4. The molecule has 0 saturated heterocycles. The van der Waals surface area contributed by atoms with E-state index < -0.39 is 5.92 Å². The van der Waals surface area contributed by atoms with Crippen LogP contribution in [0.3, 0.4) is 0 Å². The zero-order valence-electron chi connectivity index (χ0n) is 12.2. The molecule has 22 heavy (non-hydrogen) atoms. The van der Waals surface area contributed by atoms with Crippen LogP contribution in [0.2, 0.25) is 10.0 Å². The van der Waals surface area contributed by atoms with Crippen molar-refractivity contribution in [2.75, 3.05) is 5.32 Å². The summed E-state index contributed by atoms with van der Waals surface area (Å²) in [5.74, 6) is -0.656. The Labute approximate surface area is 139 Å². The molecule has 5 heteroatoms. The molecule has 1 N–H and O–H groups in total. The van der Waals surface area contributed by atoms with Crippen LogP contribution in [-0.2, 0) is 4.79 Å². The van der Waals surface area contributed by atoms with Crippen molar-refractivity contribution in [1.29, 1.82) is 5.26 Å². The van der Waals surface area contributed by atoms with Crippen molar-refractivity contribution in [3.8, 4) is 6.07 Å². The van der Waals surface area contributed by atoms with Gasteiger partial charge in [0.05, 0.1) is 12.0 Å². The maximum Gasteiger partial charge on any atom is 0.221 e. The third kappa shape index (κ3) is 3.59. The lowest BCUT2D eigenvalue weighted by Crippen LogP contribution is -2.08. The summed E-state index contributed by atoms with van der Waals surface area (Å²) in [6.07, 6.45) is 0. The largest absolute Gasteiger partial charge is 0.326 e. The van der Waals surface area contributed by atoms with E-state index in [1.165, 1.54) is 6.92 Å². The maximum absolute atomic E-state index is 11.2. The fourth-order valence-corrected chi connectivity index (χ4v) is 2.63. The van der Waals surface area contributed by atoms with Crippen molar-refractivity contribution in [3.05, 3.63) is 63.1 Å². The number of carbonyl (C=O) groups excluding carboxylic acids is 1. The molecule has 0 aliphatic heterocycles. The average Bonchev–Trinajstić information content (AvgIpc) is 2.46. The lowest BCUT2D eigenvalue weighted by atomic mass is 9.91. The third-order valence-corrected chi connectivity index (χ3v) is 3.88. The highest BCUT2D eigenvalue weighted by atomic mass is 35.5. The number of carbonyl (C=O) groups is 1. The summed E-state index contributed by atoms with van der Waals surface area (Å²) >= 11 is 12.2. The van der Waals surface area contributed by atoms with Gasteiger partial charge in [0.25, 0.3) is 0 Å². The van der Waals surface area contributed by atoms with Crippen molar-refractivity contribution < 1.29 is 4.79 Å². The summed E-state index contributed by atoms with van der Waals surface area (Å²) in [7, 11) is 0. The van der Waals surface area contributed by atoms with Gasteiger partial charge >= 0.3 is 0 Å². The van der Waals surface area contributed by atoms with Crippen LogP contribution in [0.1, 0.15) is 29.5 Å². The van der Waals surface area contributed by atoms with E-state index in [-0.39, 0.29) is 5.91 Å². The van der Waals surface area contributed by atoms with E-state index in [1.54, 1.807) is 18.2 Å². The molecule has 1 amide bonds. The summed E-state index contributed by atoms with van der Waals surface area (Å²) in [5.41, 5.74) is 3.02. The minimum absolute atomic E-state index is 0.165. The van der Waals surface area contributed by atoms with Crippen LogP contribution in [0.4, 0.5) is 5.69 Å². The van der Waals surface area contributed by atoms with Gasteiger partial charge in [-0.25, -0.2) is 0 Å². The predicted octanol–water partition coefficient (Wildman–Crippen LogP) is 4.92. The Morgan fingerprint density at radius 3 is 2.41 bits per heavy atom. The molecule has 0 aliphatic carbocycles. The van der Waals surface area contributed by atoms with Crippen LogP contribution in [0.5, 0.6) is 0 Å². The molecule has 2 rings (SSSR count). The van der Waals surface area contributed by atoms with Gasteiger partial charge in [-0.15, -0.1) is 0 Å². The maximum atomic E-state index is 11.2. The third-order valence-electron chi connectivity index (χ3n) is 3.30. The Kier molecular flexibility index (Phi) is 5.07. The van der Waals surface area contributed by atoms with Gasteiger partial charge in [0, 0.05) is 22.7 Å². The Balaban J connectivity index is 2.46. The number of aryl methyl sites for hydroxylation is 1. The SMILES string of the molecule is CC(=O)Nc1cc(Cl)c([C@@H](C#N)c2ccc(Cl)cc2)cc1C. The fourth-order valence-electron chi connectivity index (χ4n) is 2.23. The number of nitrogens with zero attached hydrogens (tertiary/aromatic N) is 1. The zero-order valence-corrected chi connectivity index (χ0v) is 13.7. The van der Waals surface area contributed by atoms with E-state index >= 15 is 0 Å². The molecule has 3 nitrogen and oxygen atoms in total. The molecule has 0 bridgehead atoms. The number of benzene rings is 2. The minimum Gasteiger partial charge on any atom is -0.326 e. The highest BCUT2D eigenvalue weighted by molar-refractivity contribution is 6.32. The first-order chi connectivity index (χ1) is 10.4. The van der Waals surface area contributed by atoms with Crippen molar-refractivity contribution in [2.24, 2.45) is 0 Å². The molecule has 2 aromatic carbocycles. The smallest absolute Gasteiger partial charge is 0.221 e. The van der Waals surface area contributed by atoms with Crippen LogP contribution < -0.4 is 5.32 Å². The highest BCUT2D eigenvalue weighted by Gasteiger charge is 2.18. The number of halogens is 2. The molecule has 0 aromatic heterocycles. The van der Waals surface area contributed by atoms with Gasteiger partial charge in [-0.05, 0) is 41.8 Å². The standard InChI is InChI=1S/C17H14Cl2N2O/c1-10-7-14(16(19)8-17(10)21-11(2)22)15(9-20)12-3-5-13(18)6-4-12/h3-8,15H,1-2H3,(H,21,22)/t15-/m0/s1. The molecule has 0 heterocycles. The summed E-state index contributed by atoms with van der Waals surface area (Å²) in [6.45, 7) is 3.30. The van der Waals surface area contributed by atoms with E-state index in [9.17, 15) is 10.1 Å². The number of amides is 1. The van der Waals surface area contributed by atoms with Crippen LogP contribution in [0.15, 0.2) is 36.4 Å². The van der Waals surface area contributed by atoms with E-state index in [2.05, 4.69) is 11.4 Å². The Bertz CT molecular complexity index is 748. The van der Waals surface area contributed by atoms with Gasteiger partial charge in [0.2, 0.25) is 5.91 Å². The van der Waals surface area contributed by atoms with E-state index in [0.717, 1.165) is 11.1 Å². The number of hydrogen-bond donors (Lipinski definition) is 1. The molecular weight excluding hydrogens is 319 g/mol. The van der Waals surface area contributed by atoms with Crippen LogP contribution in [-0.4, -0.2) is 5.91 Å². The topological polar surface area (TPSA) is 52.9 Å². The van der Waals surface area contributed by atoms with Gasteiger partial charge in [-0.3, -0.25) is 4.79 Å². The molecule has 0 fully saturated rings. The molecule has 0 unspecified atom stereocenters. The van der Waals surface area contributed by atoms with E-state index in [1.807, 2.05) is 25.1 Å². The number of anilines is 1. The summed E-state index contributed by atoms with van der Waals surface area (Å²) in [6, 6.07) is 12.9. The molecule has 1 atom stereocenters. The van der Waals surface area contributed by atoms with Gasteiger partial charge in [-0.2, -0.15) is 5.26 Å². The molecule has 2 aromatic rings. The van der Waals surface area contributed by atoms with Crippen molar-refractivity contribution in [3.63, 3.8) is 0 Å². The van der Waals surface area contributed by atoms with E-state index in [4.69, 9.17) is 23.2 Å².